The number of aliphatic hydroxyl groups is 1. The van der Waals surface area contributed by atoms with Crippen LogP contribution >= 0.6 is 0 Å². The van der Waals surface area contributed by atoms with E-state index >= 15 is 0 Å². The van der Waals surface area contributed by atoms with Gasteiger partial charge in [-0.2, -0.15) is 0 Å². The first-order chi connectivity index (χ1) is 5.30. The molecule has 0 rings (SSSR count). The summed E-state index contributed by atoms with van der Waals surface area (Å²) in [5, 5.41) is 10.9. The lowest BCUT2D eigenvalue weighted by molar-refractivity contribution is 0.166. The summed E-state index contributed by atoms with van der Waals surface area (Å²) in [6.45, 7) is 14.3. The molecule has 1 N–H and O–H groups in total. The Morgan fingerprint density at radius 1 is 1.33 bits per heavy atom. The minimum atomic E-state index is -1.42. The van der Waals surface area contributed by atoms with E-state index in [1.54, 1.807) is 0 Å². The molecule has 1 atom stereocenters. The smallest absolute Gasteiger partial charge is 0.0857 e. The van der Waals surface area contributed by atoms with Gasteiger partial charge in [0.25, 0.3) is 0 Å². The minimum absolute atomic E-state index is 0.265. The molecule has 0 saturated heterocycles. The van der Waals surface area contributed by atoms with Crippen LogP contribution in [0.15, 0.2) is 17.5 Å². The molecule has 0 aromatic carbocycles. The van der Waals surface area contributed by atoms with Gasteiger partial charge in [0.15, 0.2) is 0 Å². The van der Waals surface area contributed by atoms with Crippen LogP contribution < -0.4 is 0 Å². The highest BCUT2D eigenvalue weighted by Gasteiger charge is 2.27. The van der Waals surface area contributed by atoms with Crippen molar-refractivity contribution in [2.24, 2.45) is 5.92 Å². The Kier molecular flexibility index (Phi) is 3.98. The SMILES string of the molecule is C=C=C([C@@H](O)C(C)C)[Si](C)(C)C. The normalized spacial score (nSPS) is 14.2. The Morgan fingerprint density at radius 2 is 1.75 bits per heavy atom. The zero-order valence-electron chi connectivity index (χ0n) is 8.81. The van der Waals surface area contributed by atoms with Crippen molar-refractivity contribution in [1.82, 2.24) is 0 Å². The number of hydrogen-bond acceptors (Lipinski definition) is 1. The molecule has 0 heterocycles. The highest BCUT2D eigenvalue weighted by atomic mass is 28.3. The Morgan fingerprint density at radius 3 is 1.83 bits per heavy atom. The van der Waals surface area contributed by atoms with E-state index in [9.17, 15) is 5.11 Å². The van der Waals surface area contributed by atoms with Crippen LogP contribution in [-0.4, -0.2) is 19.3 Å². The molecular formula is C10H20OSi. The molecule has 0 aliphatic heterocycles. The molecule has 1 nitrogen and oxygen atoms in total. The Bertz CT molecular complexity index is 194. The van der Waals surface area contributed by atoms with E-state index in [-0.39, 0.29) is 12.0 Å². The van der Waals surface area contributed by atoms with Crippen LogP contribution in [0.4, 0.5) is 0 Å². The summed E-state index contributed by atoms with van der Waals surface area (Å²) < 4.78 is 0. The fourth-order valence-electron chi connectivity index (χ4n) is 1.15. The van der Waals surface area contributed by atoms with Crippen molar-refractivity contribution >= 4 is 8.07 Å². The molecule has 0 aliphatic carbocycles. The summed E-state index contributed by atoms with van der Waals surface area (Å²) in [6, 6.07) is 0. The molecule has 0 spiro atoms. The van der Waals surface area contributed by atoms with Crippen molar-refractivity contribution < 1.29 is 5.11 Å². The van der Waals surface area contributed by atoms with Crippen molar-refractivity contribution in [3.63, 3.8) is 0 Å². The van der Waals surface area contributed by atoms with Crippen LogP contribution in [0.3, 0.4) is 0 Å². The van der Waals surface area contributed by atoms with Gasteiger partial charge in [0, 0.05) is 0 Å². The van der Waals surface area contributed by atoms with E-state index in [0.717, 1.165) is 5.20 Å². The van der Waals surface area contributed by atoms with Crippen molar-refractivity contribution in [2.45, 2.75) is 39.6 Å². The third-order valence-corrected chi connectivity index (χ3v) is 4.01. The maximum atomic E-state index is 9.82. The van der Waals surface area contributed by atoms with Crippen molar-refractivity contribution in [2.75, 3.05) is 0 Å². The highest BCUT2D eigenvalue weighted by Crippen LogP contribution is 2.21. The molecule has 0 amide bonds. The van der Waals surface area contributed by atoms with Gasteiger partial charge in [-0.05, 0) is 11.1 Å². The lowest BCUT2D eigenvalue weighted by Gasteiger charge is -2.26. The molecule has 2 heteroatoms. The van der Waals surface area contributed by atoms with Crippen LogP contribution in [0.1, 0.15) is 13.8 Å². The van der Waals surface area contributed by atoms with Crippen LogP contribution in [0.25, 0.3) is 0 Å². The van der Waals surface area contributed by atoms with E-state index in [0.29, 0.717) is 0 Å². The molecule has 0 radical (unpaired) electrons. The first-order valence-corrected chi connectivity index (χ1v) is 7.89. The number of rotatable bonds is 3. The van der Waals surface area contributed by atoms with Crippen LogP contribution in [0.2, 0.25) is 19.6 Å². The monoisotopic (exact) mass is 184 g/mol. The summed E-state index contributed by atoms with van der Waals surface area (Å²) in [4.78, 5) is 0. The average molecular weight is 184 g/mol. The molecule has 0 aromatic heterocycles. The van der Waals surface area contributed by atoms with Gasteiger partial charge in [0.2, 0.25) is 0 Å². The second kappa shape index (κ2) is 4.08. The van der Waals surface area contributed by atoms with Gasteiger partial charge in [0.05, 0.1) is 14.2 Å². The topological polar surface area (TPSA) is 20.2 Å². The predicted molar refractivity (Wildman–Crippen MR) is 56.8 cm³/mol. The standard InChI is InChI=1S/C10H20OSi/c1-7-9(12(4,5)6)10(11)8(2)3/h8,10-11H,1H2,2-6H3/t10-/m0/s1. The van der Waals surface area contributed by atoms with E-state index in [1.807, 2.05) is 13.8 Å². The zero-order valence-corrected chi connectivity index (χ0v) is 9.81. The molecular weight excluding hydrogens is 164 g/mol. The van der Waals surface area contributed by atoms with Gasteiger partial charge in [-0.15, -0.1) is 5.73 Å². The van der Waals surface area contributed by atoms with E-state index in [1.165, 1.54) is 0 Å². The van der Waals surface area contributed by atoms with Gasteiger partial charge in [-0.1, -0.05) is 40.1 Å². The van der Waals surface area contributed by atoms with Gasteiger partial charge in [-0.25, -0.2) is 0 Å². The summed E-state index contributed by atoms with van der Waals surface area (Å²) in [5.74, 6) is 0.265. The maximum absolute atomic E-state index is 9.82. The molecule has 0 aromatic rings. The Balaban J connectivity index is 4.73. The lowest BCUT2D eigenvalue weighted by atomic mass is 10.1. The average Bonchev–Trinajstić information content (AvgIpc) is 1.85. The second-order valence-corrected chi connectivity index (χ2v) is 9.57. The maximum Gasteiger partial charge on any atom is 0.0857 e. The summed E-state index contributed by atoms with van der Waals surface area (Å²) in [7, 11) is -1.42. The fourth-order valence-corrected chi connectivity index (χ4v) is 2.90. The van der Waals surface area contributed by atoms with Crippen molar-refractivity contribution in [3.05, 3.63) is 17.5 Å². The molecule has 0 saturated carbocycles. The van der Waals surface area contributed by atoms with Gasteiger partial charge >= 0.3 is 0 Å². The zero-order chi connectivity index (χ0) is 9.94. The quantitative estimate of drug-likeness (QED) is 0.528. The van der Waals surface area contributed by atoms with Crippen molar-refractivity contribution in [1.29, 1.82) is 0 Å². The van der Waals surface area contributed by atoms with Gasteiger partial charge < -0.3 is 5.11 Å². The number of hydrogen-bond donors (Lipinski definition) is 1. The second-order valence-electron chi connectivity index (χ2n) is 4.53. The summed E-state index contributed by atoms with van der Waals surface area (Å²) in [6.07, 6.45) is -0.353. The number of aliphatic hydroxyl groups excluding tert-OH is 1. The van der Waals surface area contributed by atoms with E-state index in [4.69, 9.17) is 0 Å². The highest BCUT2D eigenvalue weighted by molar-refractivity contribution is 6.83. The summed E-state index contributed by atoms with van der Waals surface area (Å²) in [5.41, 5.74) is 2.90. The lowest BCUT2D eigenvalue weighted by Crippen LogP contribution is -2.34. The van der Waals surface area contributed by atoms with Gasteiger partial charge in [-0.3, -0.25) is 0 Å². The molecule has 70 valence electrons. The summed E-state index contributed by atoms with van der Waals surface area (Å²) >= 11 is 0. The molecule has 0 bridgehead atoms. The Labute approximate surface area is 76.8 Å². The third kappa shape index (κ3) is 2.98. The van der Waals surface area contributed by atoms with Crippen LogP contribution in [-0.2, 0) is 0 Å². The van der Waals surface area contributed by atoms with Crippen LogP contribution in [0, 0.1) is 5.92 Å². The van der Waals surface area contributed by atoms with E-state index in [2.05, 4.69) is 32.0 Å². The first kappa shape index (κ1) is 11.7. The third-order valence-electron chi connectivity index (χ3n) is 1.93. The predicted octanol–water partition coefficient (Wildman–Crippen LogP) is 2.59. The van der Waals surface area contributed by atoms with Crippen molar-refractivity contribution in [3.8, 4) is 0 Å². The first-order valence-electron chi connectivity index (χ1n) is 4.39. The molecule has 0 aliphatic rings. The van der Waals surface area contributed by atoms with Gasteiger partial charge in [0.1, 0.15) is 0 Å². The van der Waals surface area contributed by atoms with E-state index < -0.39 is 8.07 Å². The van der Waals surface area contributed by atoms with Crippen LogP contribution in [0.5, 0.6) is 0 Å². The minimum Gasteiger partial charge on any atom is -0.388 e. The fraction of sp³-hybridized carbons (Fsp3) is 0.700. The molecule has 12 heavy (non-hydrogen) atoms. The molecule has 0 fully saturated rings. The Hall–Kier alpha value is -0.303. The molecule has 0 unspecified atom stereocenters. The largest absolute Gasteiger partial charge is 0.388 e.